The summed E-state index contributed by atoms with van der Waals surface area (Å²) < 4.78 is 0.824. The van der Waals surface area contributed by atoms with Crippen molar-refractivity contribution < 1.29 is 9.90 Å². The van der Waals surface area contributed by atoms with Crippen LogP contribution in [0.25, 0.3) is 0 Å². The van der Waals surface area contributed by atoms with Crippen LogP contribution in [0.5, 0.6) is 0 Å². The topological polar surface area (TPSA) is 97.9 Å². The predicted octanol–water partition coefficient (Wildman–Crippen LogP) is 1.02. The van der Waals surface area contributed by atoms with Crippen LogP contribution < -0.4 is 0 Å². The molecule has 0 bridgehead atoms. The van der Waals surface area contributed by atoms with Gasteiger partial charge in [0, 0.05) is 17.2 Å². The van der Waals surface area contributed by atoms with Crippen molar-refractivity contribution in [1.29, 1.82) is 0 Å². The lowest BCUT2D eigenvalue weighted by Gasteiger charge is -2.37. The number of aromatic amines is 2. The van der Waals surface area contributed by atoms with Gasteiger partial charge in [-0.3, -0.25) is 4.79 Å². The normalized spacial score (nSPS) is 23.0. The number of carbonyl (C=O) groups is 1. The summed E-state index contributed by atoms with van der Waals surface area (Å²) in [5.41, 5.74) is -0.158. The Kier molecular flexibility index (Phi) is 3.35. The quantitative estimate of drug-likeness (QED) is 0.760. The molecule has 3 rings (SSSR count). The molecular formula is C12H14BrN5O2. The molecule has 1 aliphatic heterocycles. The molecule has 1 amide bonds. The Morgan fingerprint density at radius 3 is 3.05 bits per heavy atom. The number of hydrogen-bond acceptors (Lipinski definition) is 4. The summed E-state index contributed by atoms with van der Waals surface area (Å²) in [6, 6.07) is 1.73. The highest BCUT2D eigenvalue weighted by Crippen LogP contribution is 2.30. The molecule has 0 spiro atoms. The maximum atomic E-state index is 12.4. The first kappa shape index (κ1) is 13.3. The Morgan fingerprint density at radius 2 is 2.40 bits per heavy atom. The van der Waals surface area contributed by atoms with Crippen molar-refractivity contribution in [2.75, 3.05) is 13.1 Å². The fourth-order valence-corrected chi connectivity index (χ4v) is 2.85. The van der Waals surface area contributed by atoms with Crippen molar-refractivity contribution >= 4 is 21.8 Å². The zero-order chi connectivity index (χ0) is 14.2. The highest BCUT2D eigenvalue weighted by Gasteiger charge is 2.39. The number of nitrogens with zero attached hydrogens (tertiary/aromatic N) is 3. The SMILES string of the molecule is O=C(c1cc(Br)c[nH]1)N1CCC[C@@](O)(c2cn[nH]n2)C1. The number of H-pyrrole nitrogens is 2. The highest BCUT2D eigenvalue weighted by molar-refractivity contribution is 9.10. The number of hydrogen-bond donors (Lipinski definition) is 3. The number of nitrogens with one attached hydrogen (secondary N) is 2. The lowest BCUT2D eigenvalue weighted by atomic mass is 9.90. The summed E-state index contributed by atoms with van der Waals surface area (Å²) in [4.78, 5) is 16.9. The summed E-state index contributed by atoms with van der Waals surface area (Å²) in [5.74, 6) is -0.127. The van der Waals surface area contributed by atoms with Crippen LogP contribution in [0.2, 0.25) is 0 Å². The molecule has 3 heterocycles. The van der Waals surface area contributed by atoms with Gasteiger partial charge in [0.1, 0.15) is 17.0 Å². The summed E-state index contributed by atoms with van der Waals surface area (Å²) in [6.45, 7) is 0.838. The largest absolute Gasteiger partial charge is 0.382 e. The van der Waals surface area contributed by atoms with Crippen molar-refractivity contribution in [2.24, 2.45) is 0 Å². The van der Waals surface area contributed by atoms with Crippen LogP contribution in [-0.4, -0.2) is 49.4 Å². The number of likely N-dealkylation sites (tertiary alicyclic amines) is 1. The molecule has 1 saturated heterocycles. The first-order valence-electron chi connectivity index (χ1n) is 6.30. The highest BCUT2D eigenvalue weighted by atomic mass is 79.9. The number of rotatable bonds is 2. The van der Waals surface area contributed by atoms with E-state index >= 15 is 0 Å². The van der Waals surface area contributed by atoms with E-state index in [1.165, 1.54) is 6.20 Å². The molecule has 0 aliphatic carbocycles. The van der Waals surface area contributed by atoms with Gasteiger partial charge in [-0.05, 0) is 34.8 Å². The zero-order valence-corrected chi connectivity index (χ0v) is 12.2. The minimum absolute atomic E-state index is 0.127. The molecule has 3 N–H and O–H groups in total. The van der Waals surface area contributed by atoms with Crippen LogP contribution in [0, 0.1) is 0 Å². The van der Waals surface area contributed by atoms with Gasteiger partial charge in [-0.1, -0.05) is 0 Å². The third-order valence-electron chi connectivity index (χ3n) is 3.53. The Labute approximate surface area is 123 Å². The average molecular weight is 340 g/mol. The van der Waals surface area contributed by atoms with Gasteiger partial charge in [0.2, 0.25) is 0 Å². The van der Waals surface area contributed by atoms with Gasteiger partial charge in [-0.15, -0.1) is 0 Å². The standard InChI is InChI=1S/C12H14BrN5O2/c13-8-4-9(14-5-8)11(19)18-3-1-2-12(20,7-18)10-6-15-17-16-10/h4-6,14,20H,1-3,7H2,(H,15,16,17)/t12-/m0/s1. The lowest BCUT2D eigenvalue weighted by Crippen LogP contribution is -2.48. The molecule has 20 heavy (non-hydrogen) atoms. The van der Waals surface area contributed by atoms with E-state index < -0.39 is 5.60 Å². The molecule has 8 heteroatoms. The van der Waals surface area contributed by atoms with Crippen LogP contribution in [-0.2, 0) is 5.60 Å². The fourth-order valence-electron chi connectivity index (χ4n) is 2.51. The number of piperidine rings is 1. The van der Waals surface area contributed by atoms with E-state index in [1.54, 1.807) is 17.2 Å². The van der Waals surface area contributed by atoms with Gasteiger partial charge >= 0.3 is 0 Å². The minimum atomic E-state index is -1.13. The van der Waals surface area contributed by atoms with E-state index in [2.05, 4.69) is 36.3 Å². The number of β-amino-alcohol motifs (C(OH)–C–C–N with tert-alkyl or cyclic N) is 1. The molecule has 1 aliphatic rings. The number of amides is 1. The van der Waals surface area contributed by atoms with Crippen molar-refractivity contribution in [3.63, 3.8) is 0 Å². The van der Waals surface area contributed by atoms with Crippen LogP contribution in [0.1, 0.15) is 29.0 Å². The van der Waals surface area contributed by atoms with Crippen LogP contribution in [0.15, 0.2) is 22.9 Å². The molecule has 0 unspecified atom stereocenters. The molecule has 0 radical (unpaired) electrons. The van der Waals surface area contributed by atoms with Gasteiger partial charge in [-0.25, -0.2) is 0 Å². The average Bonchev–Trinajstić information content (AvgIpc) is 3.09. The molecule has 1 atom stereocenters. The first-order valence-corrected chi connectivity index (χ1v) is 7.10. The number of aromatic nitrogens is 4. The zero-order valence-electron chi connectivity index (χ0n) is 10.6. The molecule has 2 aromatic heterocycles. The summed E-state index contributed by atoms with van der Waals surface area (Å²) in [5, 5.41) is 20.8. The molecule has 1 fully saturated rings. The summed E-state index contributed by atoms with van der Waals surface area (Å²) >= 11 is 3.30. The van der Waals surface area contributed by atoms with Gasteiger partial charge in [0.15, 0.2) is 0 Å². The smallest absolute Gasteiger partial charge is 0.270 e. The van der Waals surface area contributed by atoms with Gasteiger partial charge in [0.25, 0.3) is 5.91 Å². The minimum Gasteiger partial charge on any atom is -0.382 e. The van der Waals surface area contributed by atoms with Crippen LogP contribution in [0.4, 0.5) is 0 Å². The van der Waals surface area contributed by atoms with Crippen LogP contribution >= 0.6 is 15.9 Å². The lowest BCUT2D eigenvalue weighted by molar-refractivity contribution is -0.0321. The van der Waals surface area contributed by atoms with E-state index in [-0.39, 0.29) is 12.5 Å². The van der Waals surface area contributed by atoms with Crippen molar-refractivity contribution in [3.8, 4) is 0 Å². The second-order valence-corrected chi connectivity index (χ2v) is 5.86. The van der Waals surface area contributed by atoms with E-state index in [4.69, 9.17) is 0 Å². The Hall–Kier alpha value is -1.67. The second-order valence-electron chi connectivity index (χ2n) is 4.95. The fraction of sp³-hybridized carbons (Fsp3) is 0.417. The molecule has 0 saturated carbocycles. The van der Waals surface area contributed by atoms with Crippen LogP contribution in [0.3, 0.4) is 0 Å². The van der Waals surface area contributed by atoms with E-state index in [0.717, 1.165) is 10.9 Å². The molecule has 106 valence electrons. The number of aliphatic hydroxyl groups is 1. The van der Waals surface area contributed by atoms with Gasteiger partial charge < -0.3 is 15.0 Å². The predicted molar refractivity (Wildman–Crippen MR) is 73.9 cm³/mol. The molecule has 0 aromatic carbocycles. The van der Waals surface area contributed by atoms with Gasteiger partial charge in [-0.2, -0.15) is 15.4 Å². The Morgan fingerprint density at radius 1 is 1.55 bits per heavy atom. The van der Waals surface area contributed by atoms with Crippen molar-refractivity contribution in [1.82, 2.24) is 25.3 Å². The van der Waals surface area contributed by atoms with Crippen molar-refractivity contribution in [2.45, 2.75) is 18.4 Å². The maximum Gasteiger partial charge on any atom is 0.270 e. The summed E-state index contributed by atoms with van der Waals surface area (Å²) in [6.07, 6.45) is 4.49. The van der Waals surface area contributed by atoms with Gasteiger partial charge in [0.05, 0.1) is 12.7 Å². The molecule has 2 aromatic rings. The van der Waals surface area contributed by atoms with E-state index in [0.29, 0.717) is 24.4 Å². The summed E-state index contributed by atoms with van der Waals surface area (Å²) in [7, 11) is 0. The molecular weight excluding hydrogens is 326 g/mol. The second kappa shape index (κ2) is 5.02. The number of halogens is 1. The third kappa shape index (κ3) is 2.36. The Bertz CT molecular complexity index is 611. The third-order valence-corrected chi connectivity index (χ3v) is 3.99. The van der Waals surface area contributed by atoms with E-state index in [1.807, 2.05) is 0 Å². The maximum absolute atomic E-state index is 12.4. The van der Waals surface area contributed by atoms with Crippen molar-refractivity contribution in [3.05, 3.63) is 34.3 Å². The first-order chi connectivity index (χ1) is 9.58. The number of carbonyl (C=O) groups excluding carboxylic acids is 1. The Balaban J connectivity index is 1.80. The monoisotopic (exact) mass is 339 g/mol. The molecule has 7 nitrogen and oxygen atoms in total. The van der Waals surface area contributed by atoms with E-state index in [9.17, 15) is 9.90 Å².